The van der Waals surface area contributed by atoms with Crippen molar-refractivity contribution >= 4 is 28.9 Å². The molecule has 2 amide bonds. The number of carbonyl (C=O) groups is 2. The van der Waals surface area contributed by atoms with E-state index in [4.69, 9.17) is 4.84 Å². The van der Waals surface area contributed by atoms with Gasteiger partial charge in [-0.3, -0.25) is 14.4 Å². The molecule has 2 aliphatic rings. The average Bonchev–Trinajstić information content (AvgIpc) is 3.37. The quantitative estimate of drug-likeness (QED) is 0.524. The molecular formula is C27H27N3O3. The van der Waals surface area contributed by atoms with Gasteiger partial charge in [-0.15, -0.1) is 0 Å². The van der Waals surface area contributed by atoms with Gasteiger partial charge in [0.15, 0.2) is 6.10 Å². The number of fused-ring (bicyclic) bond motifs is 1. The third-order valence-electron chi connectivity index (χ3n) is 6.50. The van der Waals surface area contributed by atoms with Crippen LogP contribution in [-0.2, 0) is 14.4 Å². The van der Waals surface area contributed by atoms with Gasteiger partial charge in [-0.1, -0.05) is 48.5 Å². The van der Waals surface area contributed by atoms with Gasteiger partial charge in [0.1, 0.15) is 5.92 Å². The molecule has 6 nitrogen and oxygen atoms in total. The van der Waals surface area contributed by atoms with Crippen molar-refractivity contribution < 1.29 is 14.4 Å². The first kappa shape index (κ1) is 21.2. The van der Waals surface area contributed by atoms with Crippen molar-refractivity contribution in [3.8, 4) is 0 Å². The van der Waals surface area contributed by atoms with Gasteiger partial charge in [0.2, 0.25) is 5.91 Å². The molecule has 0 saturated carbocycles. The number of benzene rings is 3. The van der Waals surface area contributed by atoms with Crippen LogP contribution in [0.5, 0.6) is 0 Å². The van der Waals surface area contributed by atoms with E-state index in [-0.39, 0.29) is 11.8 Å². The highest BCUT2D eigenvalue weighted by Gasteiger charge is 2.60. The molecule has 2 heterocycles. The number of hydrogen-bond donors (Lipinski definition) is 0. The number of rotatable bonds is 6. The molecule has 3 atom stereocenters. The molecule has 0 unspecified atom stereocenters. The number of nitrogens with zero attached hydrogens (tertiary/aromatic N) is 3. The van der Waals surface area contributed by atoms with Crippen molar-refractivity contribution in [1.29, 1.82) is 0 Å². The molecule has 2 fully saturated rings. The van der Waals surface area contributed by atoms with Gasteiger partial charge < -0.3 is 4.90 Å². The first-order chi connectivity index (χ1) is 16.1. The summed E-state index contributed by atoms with van der Waals surface area (Å²) < 4.78 is 0. The molecule has 33 heavy (non-hydrogen) atoms. The number of hydrogen-bond acceptors (Lipinski definition) is 5. The number of amides is 2. The van der Waals surface area contributed by atoms with E-state index in [0.717, 1.165) is 30.0 Å². The van der Waals surface area contributed by atoms with E-state index in [0.29, 0.717) is 5.69 Å². The maximum Gasteiger partial charge on any atom is 0.266 e. The maximum absolute atomic E-state index is 13.6. The Balaban J connectivity index is 1.55. The van der Waals surface area contributed by atoms with E-state index < -0.39 is 18.1 Å². The largest absolute Gasteiger partial charge is 0.372 e. The summed E-state index contributed by atoms with van der Waals surface area (Å²) in [5, 5.41) is 1.74. The van der Waals surface area contributed by atoms with Gasteiger partial charge in [-0.25, -0.2) is 9.96 Å². The topological polar surface area (TPSA) is 53.1 Å². The second-order valence-corrected chi connectivity index (χ2v) is 8.27. The third-order valence-corrected chi connectivity index (χ3v) is 6.50. The Morgan fingerprint density at radius 3 is 1.91 bits per heavy atom. The molecule has 5 rings (SSSR count). The summed E-state index contributed by atoms with van der Waals surface area (Å²) in [6.45, 7) is 6.10. The van der Waals surface area contributed by atoms with Crippen molar-refractivity contribution in [2.24, 2.45) is 5.92 Å². The lowest BCUT2D eigenvalue weighted by Gasteiger charge is -2.29. The number of anilines is 3. The second-order valence-electron chi connectivity index (χ2n) is 8.27. The van der Waals surface area contributed by atoms with Crippen molar-refractivity contribution in [3.63, 3.8) is 0 Å². The van der Waals surface area contributed by atoms with Crippen LogP contribution < -0.4 is 14.9 Å². The summed E-state index contributed by atoms with van der Waals surface area (Å²) in [7, 11) is 0. The highest BCUT2D eigenvalue weighted by Crippen LogP contribution is 2.47. The molecule has 0 spiro atoms. The summed E-state index contributed by atoms with van der Waals surface area (Å²) in [6, 6.07) is 26.5. The molecule has 6 heteroatoms. The fourth-order valence-electron chi connectivity index (χ4n) is 4.85. The van der Waals surface area contributed by atoms with Crippen molar-refractivity contribution in [2.45, 2.75) is 26.0 Å². The minimum Gasteiger partial charge on any atom is -0.372 e. The average molecular weight is 442 g/mol. The second kappa shape index (κ2) is 8.71. The van der Waals surface area contributed by atoms with E-state index in [9.17, 15) is 9.59 Å². The molecule has 0 aromatic heterocycles. The van der Waals surface area contributed by atoms with Crippen LogP contribution in [0.4, 0.5) is 17.1 Å². The molecular weight excluding hydrogens is 414 g/mol. The van der Waals surface area contributed by atoms with E-state index in [1.165, 1.54) is 4.90 Å². The normalized spacial score (nSPS) is 22.1. The highest BCUT2D eigenvalue weighted by molar-refractivity contribution is 6.23. The minimum atomic E-state index is -0.856. The molecule has 168 valence electrons. The number of hydroxylamine groups is 1. The van der Waals surface area contributed by atoms with Gasteiger partial charge in [0.25, 0.3) is 5.91 Å². The summed E-state index contributed by atoms with van der Waals surface area (Å²) in [6.07, 6.45) is -0.856. The number of imide groups is 1. The summed E-state index contributed by atoms with van der Waals surface area (Å²) >= 11 is 0. The van der Waals surface area contributed by atoms with Crippen LogP contribution in [0.25, 0.3) is 0 Å². The molecule has 0 aliphatic carbocycles. The summed E-state index contributed by atoms with van der Waals surface area (Å²) in [4.78, 5) is 36.7. The van der Waals surface area contributed by atoms with E-state index in [2.05, 4.69) is 30.9 Å². The van der Waals surface area contributed by atoms with Crippen LogP contribution in [0, 0.1) is 5.92 Å². The van der Waals surface area contributed by atoms with Crippen molar-refractivity contribution in [3.05, 3.63) is 90.5 Å². The number of para-hydroxylation sites is 2. The SMILES string of the molecule is CCN(CC)c1ccc([C@H]2[C@@H]3C(=O)N(c4ccccc4)C(=O)[C@@H]3ON2c2ccccc2)cc1. The van der Waals surface area contributed by atoms with Crippen LogP contribution in [0.1, 0.15) is 25.5 Å². The molecule has 2 saturated heterocycles. The number of carbonyl (C=O) groups excluding carboxylic acids is 2. The lowest BCUT2D eigenvalue weighted by atomic mass is 9.90. The first-order valence-corrected chi connectivity index (χ1v) is 11.4. The van der Waals surface area contributed by atoms with Gasteiger partial charge in [-0.2, -0.15) is 0 Å². The van der Waals surface area contributed by atoms with Crippen molar-refractivity contribution in [1.82, 2.24) is 0 Å². The molecule has 0 radical (unpaired) electrons. The minimum absolute atomic E-state index is 0.229. The Kier molecular flexibility index (Phi) is 5.60. The Bertz CT molecular complexity index is 1130. The molecule has 3 aromatic carbocycles. The molecule has 0 N–H and O–H groups in total. The molecule has 0 bridgehead atoms. The van der Waals surface area contributed by atoms with Gasteiger partial charge in [0.05, 0.1) is 17.4 Å². The predicted octanol–water partition coefficient (Wildman–Crippen LogP) is 4.58. The van der Waals surface area contributed by atoms with Gasteiger partial charge in [0, 0.05) is 18.8 Å². The zero-order valence-electron chi connectivity index (χ0n) is 18.8. The van der Waals surface area contributed by atoms with Gasteiger partial charge in [-0.05, 0) is 55.8 Å². The predicted molar refractivity (Wildman–Crippen MR) is 129 cm³/mol. The third kappa shape index (κ3) is 3.56. The van der Waals surface area contributed by atoms with Crippen LogP contribution in [-0.4, -0.2) is 31.0 Å². The Hall–Kier alpha value is -3.64. The lowest BCUT2D eigenvalue weighted by Crippen LogP contribution is -2.37. The zero-order chi connectivity index (χ0) is 22.9. The summed E-state index contributed by atoms with van der Waals surface area (Å²) in [5.74, 6) is -1.18. The Morgan fingerprint density at radius 1 is 0.758 bits per heavy atom. The van der Waals surface area contributed by atoms with Crippen LogP contribution in [0.15, 0.2) is 84.9 Å². The fraction of sp³-hybridized carbons (Fsp3) is 0.259. The van der Waals surface area contributed by atoms with Crippen LogP contribution in [0.3, 0.4) is 0 Å². The Labute approximate surface area is 193 Å². The van der Waals surface area contributed by atoms with Gasteiger partial charge >= 0.3 is 0 Å². The fourth-order valence-corrected chi connectivity index (χ4v) is 4.85. The van der Waals surface area contributed by atoms with Crippen molar-refractivity contribution in [2.75, 3.05) is 28.0 Å². The Morgan fingerprint density at radius 2 is 1.33 bits per heavy atom. The van der Waals surface area contributed by atoms with E-state index in [1.807, 2.05) is 60.7 Å². The lowest BCUT2D eigenvalue weighted by molar-refractivity contribution is -0.126. The van der Waals surface area contributed by atoms with Crippen LogP contribution in [0.2, 0.25) is 0 Å². The van der Waals surface area contributed by atoms with Crippen LogP contribution >= 0.6 is 0 Å². The zero-order valence-corrected chi connectivity index (χ0v) is 18.8. The molecule has 2 aliphatic heterocycles. The maximum atomic E-state index is 13.6. The highest BCUT2D eigenvalue weighted by atomic mass is 16.7. The first-order valence-electron chi connectivity index (χ1n) is 11.4. The molecule has 3 aromatic rings. The summed E-state index contributed by atoms with van der Waals surface area (Å²) in [5.41, 5.74) is 3.47. The van der Waals surface area contributed by atoms with E-state index >= 15 is 0 Å². The smallest absolute Gasteiger partial charge is 0.266 e. The van der Waals surface area contributed by atoms with E-state index in [1.54, 1.807) is 17.2 Å². The monoisotopic (exact) mass is 441 g/mol. The standard InChI is InChI=1S/C27H27N3O3/c1-3-28(4-2)20-17-15-19(16-18-20)24-23-25(33-30(24)22-13-9-6-10-14-22)27(32)29(26(23)31)21-11-7-5-8-12-21/h5-18,23-25H,3-4H2,1-2H3/t23-,24-,25+/m0/s1.